The van der Waals surface area contributed by atoms with Crippen LogP contribution in [0.1, 0.15) is 5.56 Å². The van der Waals surface area contributed by atoms with Crippen molar-refractivity contribution in [3.8, 4) is 0 Å². The van der Waals surface area contributed by atoms with Gasteiger partial charge in [-0.2, -0.15) is 22.0 Å². The highest BCUT2D eigenvalue weighted by atomic mass is 19.4. The summed E-state index contributed by atoms with van der Waals surface area (Å²) in [6.45, 7) is 0. The van der Waals surface area contributed by atoms with E-state index in [2.05, 4.69) is 15.6 Å². The third-order valence-electron chi connectivity index (χ3n) is 2.11. The van der Waals surface area contributed by atoms with E-state index in [9.17, 15) is 22.0 Å². The summed E-state index contributed by atoms with van der Waals surface area (Å²) in [7, 11) is 2.87. The summed E-state index contributed by atoms with van der Waals surface area (Å²) in [4.78, 5) is 3.49. The summed E-state index contributed by atoms with van der Waals surface area (Å²) in [5.41, 5.74) is -1.14. The number of halogens is 5. The molecule has 0 radical (unpaired) electrons. The van der Waals surface area contributed by atoms with Gasteiger partial charge < -0.3 is 10.6 Å². The Bertz CT molecular complexity index is 402. The van der Waals surface area contributed by atoms with Gasteiger partial charge in [-0.3, -0.25) is 0 Å². The lowest BCUT2D eigenvalue weighted by molar-refractivity contribution is -0.289. The first kappa shape index (κ1) is 13.5. The van der Waals surface area contributed by atoms with Crippen molar-refractivity contribution in [2.75, 3.05) is 24.7 Å². The molecule has 3 nitrogen and oxygen atoms in total. The summed E-state index contributed by atoms with van der Waals surface area (Å²) in [5.74, 6) is -4.73. The molecule has 0 aliphatic heterocycles. The van der Waals surface area contributed by atoms with Gasteiger partial charge in [-0.25, -0.2) is 4.98 Å². The fourth-order valence-electron chi connectivity index (χ4n) is 1.19. The van der Waals surface area contributed by atoms with Gasteiger partial charge in [-0.15, -0.1) is 0 Å². The largest absolute Gasteiger partial charge is 0.458 e. The Morgan fingerprint density at radius 2 is 1.65 bits per heavy atom. The van der Waals surface area contributed by atoms with Crippen LogP contribution in [0, 0.1) is 0 Å². The number of rotatable bonds is 3. The third kappa shape index (κ3) is 2.40. The molecule has 1 heterocycles. The van der Waals surface area contributed by atoms with Gasteiger partial charge in [0.15, 0.2) is 0 Å². The molecule has 0 aromatic carbocycles. The lowest BCUT2D eigenvalue weighted by atomic mass is 10.1. The Morgan fingerprint density at radius 3 is 2.06 bits per heavy atom. The zero-order valence-corrected chi connectivity index (χ0v) is 8.99. The van der Waals surface area contributed by atoms with E-state index in [1.807, 2.05) is 0 Å². The van der Waals surface area contributed by atoms with Gasteiger partial charge in [0.2, 0.25) is 0 Å². The topological polar surface area (TPSA) is 37.0 Å². The summed E-state index contributed by atoms with van der Waals surface area (Å²) in [5, 5.41) is 5.05. The highest BCUT2D eigenvalue weighted by Crippen LogP contribution is 2.44. The van der Waals surface area contributed by atoms with Crippen LogP contribution in [-0.4, -0.2) is 25.3 Å². The smallest absolute Gasteiger partial charge is 0.385 e. The minimum atomic E-state index is -5.64. The average Bonchev–Trinajstić information content (AvgIpc) is 2.26. The first-order valence-electron chi connectivity index (χ1n) is 4.54. The standard InChI is InChI=1S/C9H10F5N3/c1-15-6-3-5(4-17-7(6)16-2)8(10,11)9(12,13)14/h3-4,15H,1-2H3,(H,16,17). The van der Waals surface area contributed by atoms with Crippen molar-refractivity contribution in [2.24, 2.45) is 0 Å². The molecule has 0 saturated heterocycles. The van der Waals surface area contributed by atoms with Gasteiger partial charge in [0.05, 0.1) is 11.3 Å². The molecule has 0 saturated carbocycles. The van der Waals surface area contributed by atoms with Gasteiger partial charge in [0.1, 0.15) is 5.82 Å². The molecule has 17 heavy (non-hydrogen) atoms. The molecule has 1 aromatic heterocycles. The number of anilines is 2. The maximum absolute atomic E-state index is 13.0. The van der Waals surface area contributed by atoms with E-state index < -0.39 is 17.7 Å². The molecule has 2 N–H and O–H groups in total. The van der Waals surface area contributed by atoms with E-state index >= 15 is 0 Å². The lowest BCUT2D eigenvalue weighted by Crippen LogP contribution is -2.33. The second-order valence-corrected chi connectivity index (χ2v) is 3.19. The molecule has 0 spiro atoms. The van der Waals surface area contributed by atoms with E-state index in [0.29, 0.717) is 12.3 Å². The van der Waals surface area contributed by atoms with Crippen LogP contribution in [0.25, 0.3) is 0 Å². The molecule has 8 heteroatoms. The molecule has 1 aromatic rings. The Hall–Kier alpha value is -1.60. The minimum Gasteiger partial charge on any atom is -0.385 e. The molecule has 0 aliphatic carbocycles. The normalized spacial score (nSPS) is 12.4. The molecule has 0 atom stereocenters. The summed E-state index contributed by atoms with van der Waals surface area (Å²) in [6.07, 6.45) is -5.14. The van der Waals surface area contributed by atoms with E-state index in [-0.39, 0.29) is 11.5 Å². The average molecular weight is 255 g/mol. The second kappa shape index (κ2) is 4.34. The molecule has 0 bridgehead atoms. The van der Waals surface area contributed by atoms with Gasteiger partial charge >= 0.3 is 12.1 Å². The van der Waals surface area contributed by atoms with Crippen molar-refractivity contribution in [1.82, 2.24) is 4.98 Å². The van der Waals surface area contributed by atoms with E-state index in [1.54, 1.807) is 0 Å². The van der Waals surface area contributed by atoms with Crippen LogP contribution in [-0.2, 0) is 5.92 Å². The van der Waals surface area contributed by atoms with Crippen LogP contribution in [0.5, 0.6) is 0 Å². The predicted octanol–water partition coefficient (Wildman–Crippen LogP) is 2.82. The second-order valence-electron chi connectivity index (χ2n) is 3.19. The highest BCUT2D eigenvalue weighted by Gasteiger charge is 2.59. The maximum Gasteiger partial charge on any atom is 0.458 e. The number of nitrogens with one attached hydrogen (secondary N) is 2. The fraction of sp³-hybridized carbons (Fsp3) is 0.444. The van der Waals surface area contributed by atoms with Crippen LogP contribution in [0.2, 0.25) is 0 Å². The van der Waals surface area contributed by atoms with Gasteiger partial charge in [-0.1, -0.05) is 0 Å². The Balaban J connectivity index is 3.25. The van der Waals surface area contributed by atoms with Crippen molar-refractivity contribution >= 4 is 11.5 Å². The number of hydrogen-bond acceptors (Lipinski definition) is 3. The first-order valence-corrected chi connectivity index (χ1v) is 4.54. The lowest BCUT2D eigenvalue weighted by Gasteiger charge is -2.20. The zero-order chi connectivity index (χ0) is 13.3. The summed E-state index contributed by atoms with van der Waals surface area (Å²) in [6, 6.07) is 0.715. The van der Waals surface area contributed by atoms with Crippen LogP contribution < -0.4 is 10.6 Å². The highest BCUT2D eigenvalue weighted by molar-refractivity contribution is 5.64. The summed E-state index contributed by atoms with van der Waals surface area (Å²) < 4.78 is 62.4. The SMILES string of the molecule is CNc1cc(C(F)(F)C(F)(F)F)cnc1NC. The van der Waals surface area contributed by atoms with E-state index in [4.69, 9.17) is 0 Å². The fourth-order valence-corrected chi connectivity index (χ4v) is 1.19. The zero-order valence-electron chi connectivity index (χ0n) is 8.99. The minimum absolute atomic E-state index is 0.0638. The molecule has 0 aliphatic rings. The molecule has 0 unspecified atom stereocenters. The molecule has 96 valence electrons. The van der Waals surface area contributed by atoms with Crippen molar-refractivity contribution < 1.29 is 22.0 Å². The molecular weight excluding hydrogens is 245 g/mol. The Morgan fingerprint density at radius 1 is 1.06 bits per heavy atom. The molecule has 1 rings (SSSR count). The number of aromatic nitrogens is 1. The molecule has 0 fully saturated rings. The monoisotopic (exact) mass is 255 g/mol. The van der Waals surface area contributed by atoms with Gasteiger partial charge in [-0.05, 0) is 6.07 Å². The van der Waals surface area contributed by atoms with Crippen molar-refractivity contribution in [3.05, 3.63) is 17.8 Å². The number of hydrogen-bond donors (Lipinski definition) is 2. The maximum atomic E-state index is 13.0. The number of pyridine rings is 1. The van der Waals surface area contributed by atoms with E-state index in [0.717, 1.165) is 0 Å². The van der Waals surface area contributed by atoms with Crippen molar-refractivity contribution in [1.29, 1.82) is 0 Å². The molecular formula is C9H10F5N3. The summed E-state index contributed by atoms with van der Waals surface area (Å²) >= 11 is 0. The Labute approximate surface area is 94.0 Å². The van der Waals surface area contributed by atoms with Crippen LogP contribution in [0.3, 0.4) is 0 Å². The van der Waals surface area contributed by atoms with Crippen LogP contribution in [0.4, 0.5) is 33.5 Å². The number of nitrogens with zero attached hydrogens (tertiary/aromatic N) is 1. The predicted molar refractivity (Wildman–Crippen MR) is 53.3 cm³/mol. The number of alkyl halides is 5. The quantitative estimate of drug-likeness (QED) is 0.815. The van der Waals surface area contributed by atoms with E-state index in [1.165, 1.54) is 14.1 Å². The third-order valence-corrected chi connectivity index (χ3v) is 2.11. The van der Waals surface area contributed by atoms with Crippen molar-refractivity contribution in [3.63, 3.8) is 0 Å². The van der Waals surface area contributed by atoms with Crippen molar-refractivity contribution in [2.45, 2.75) is 12.1 Å². The van der Waals surface area contributed by atoms with Gasteiger partial charge in [0.25, 0.3) is 0 Å². The van der Waals surface area contributed by atoms with Crippen LogP contribution in [0.15, 0.2) is 12.3 Å². The molecule has 0 amide bonds. The first-order chi connectivity index (χ1) is 7.74. The van der Waals surface area contributed by atoms with Gasteiger partial charge in [0, 0.05) is 20.3 Å². The van der Waals surface area contributed by atoms with Crippen LogP contribution >= 0.6 is 0 Å². The Kier molecular flexibility index (Phi) is 3.44.